The van der Waals surface area contributed by atoms with Crippen LogP contribution in [0.4, 0.5) is 0 Å². The smallest absolute Gasteiger partial charge is 0.267 e. The lowest BCUT2D eigenvalue weighted by atomic mass is 9.89. The van der Waals surface area contributed by atoms with Crippen molar-refractivity contribution in [2.75, 3.05) is 19.8 Å². The molecule has 0 spiro atoms. The van der Waals surface area contributed by atoms with Crippen LogP contribution in [0.1, 0.15) is 17.4 Å². The van der Waals surface area contributed by atoms with E-state index < -0.39 is 0 Å². The molecule has 0 aliphatic carbocycles. The summed E-state index contributed by atoms with van der Waals surface area (Å²) in [4.78, 5) is 14.4. The summed E-state index contributed by atoms with van der Waals surface area (Å²) in [5.74, 6) is -0.0527. The van der Waals surface area contributed by atoms with Gasteiger partial charge in [0.2, 0.25) is 0 Å². The first-order chi connectivity index (χ1) is 6.70. The van der Waals surface area contributed by atoms with Crippen molar-refractivity contribution in [2.24, 2.45) is 5.41 Å². The van der Waals surface area contributed by atoms with E-state index >= 15 is 0 Å². The zero-order valence-corrected chi connectivity index (χ0v) is 8.17. The Bertz CT molecular complexity index is 315. The minimum Gasteiger partial charge on any atom is -0.380 e. The zero-order valence-electron chi connectivity index (χ0n) is 8.17. The second-order valence-corrected chi connectivity index (χ2v) is 4.07. The van der Waals surface area contributed by atoms with Gasteiger partial charge in [0.1, 0.15) is 5.69 Å². The van der Waals surface area contributed by atoms with Crippen molar-refractivity contribution in [3.63, 3.8) is 0 Å². The van der Waals surface area contributed by atoms with E-state index in [2.05, 4.69) is 17.2 Å². The molecule has 1 aliphatic rings. The van der Waals surface area contributed by atoms with E-state index in [0.717, 1.165) is 13.2 Å². The van der Waals surface area contributed by atoms with Crippen LogP contribution in [0.2, 0.25) is 0 Å². The minimum absolute atomic E-state index is 0.0527. The zero-order chi connectivity index (χ0) is 10.0. The second-order valence-electron chi connectivity index (χ2n) is 4.07. The molecule has 2 heterocycles. The molecule has 1 aromatic heterocycles. The van der Waals surface area contributed by atoms with Crippen molar-refractivity contribution in [1.82, 2.24) is 10.3 Å². The number of H-pyrrole nitrogens is 1. The summed E-state index contributed by atoms with van der Waals surface area (Å²) >= 11 is 0. The molecule has 1 saturated heterocycles. The van der Waals surface area contributed by atoms with Gasteiger partial charge in [-0.3, -0.25) is 4.79 Å². The number of nitrogens with one attached hydrogen (secondary N) is 2. The van der Waals surface area contributed by atoms with Crippen LogP contribution in [0.3, 0.4) is 0 Å². The molecular weight excluding hydrogens is 180 g/mol. The van der Waals surface area contributed by atoms with Gasteiger partial charge in [0.05, 0.1) is 13.2 Å². The molecule has 76 valence electrons. The minimum atomic E-state index is -0.0527. The van der Waals surface area contributed by atoms with E-state index in [9.17, 15) is 4.79 Å². The summed E-state index contributed by atoms with van der Waals surface area (Å²) in [5, 5.41) is 2.88. The van der Waals surface area contributed by atoms with Crippen molar-refractivity contribution in [3.8, 4) is 0 Å². The van der Waals surface area contributed by atoms with Gasteiger partial charge in [0.25, 0.3) is 5.91 Å². The third-order valence-corrected chi connectivity index (χ3v) is 2.42. The molecule has 1 aromatic rings. The fraction of sp³-hybridized carbons (Fsp3) is 0.500. The van der Waals surface area contributed by atoms with Gasteiger partial charge >= 0.3 is 0 Å². The molecule has 0 radical (unpaired) electrons. The van der Waals surface area contributed by atoms with Crippen LogP contribution < -0.4 is 5.32 Å². The third-order valence-electron chi connectivity index (χ3n) is 2.42. The van der Waals surface area contributed by atoms with Gasteiger partial charge in [-0.1, -0.05) is 6.92 Å². The van der Waals surface area contributed by atoms with Crippen LogP contribution in [0.25, 0.3) is 0 Å². The second kappa shape index (κ2) is 3.46. The lowest BCUT2D eigenvalue weighted by molar-refractivity contribution is -0.0978. The number of carbonyl (C=O) groups is 1. The maximum Gasteiger partial charge on any atom is 0.267 e. The number of aromatic nitrogens is 1. The number of hydrogen-bond donors (Lipinski definition) is 2. The average molecular weight is 194 g/mol. The molecule has 0 bridgehead atoms. The predicted molar refractivity (Wildman–Crippen MR) is 52.1 cm³/mol. The first-order valence-corrected chi connectivity index (χ1v) is 4.69. The molecule has 1 fully saturated rings. The summed E-state index contributed by atoms with van der Waals surface area (Å²) in [6, 6.07) is 3.57. The molecular formula is C10H14N2O2. The van der Waals surface area contributed by atoms with Crippen LogP contribution in [-0.2, 0) is 4.74 Å². The van der Waals surface area contributed by atoms with Crippen molar-refractivity contribution >= 4 is 5.91 Å². The lowest BCUT2D eigenvalue weighted by Crippen LogP contribution is -2.48. The number of aromatic amines is 1. The highest BCUT2D eigenvalue weighted by Gasteiger charge is 2.33. The fourth-order valence-electron chi connectivity index (χ4n) is 1.41. The van der Waals surface area contributed by atoms with Crippen LogP contribution >= 0.6 is 0 Å². The summed E-state index contributed by atoms with van der Waals surface area (Å²) in [7, 11) is 0. The Morgan fingerprint density at radius 3 is 3.00 bits per heavy atom. The van der Waals surface area contributed by atoms with E-state index in [1.807, 2.05) is 6.07 Å². The number of ether oxygens (including phenoxy) is 1. The number of amides is 1. The maximum absolute atomic E-state index is 11.5. The standard InChI is InChI=1S/C10H14N2O2/c1-10(6-14-7-10)5-12-9(13)8-3-2-4-11-8/h2-4,11H,5-7H2,1H3,(H,12,13). The van der Waals surface area contributed by atoms with Crippen LogP contribution in [-0.4, -0.2) is 30.6 Å². The SMILES string of the molecule is CC1(CNC(=O)c2ccc[nH]2)COC1. The van der Waals surface area contributed by atoms with Gasteiger partial charge in [-0.15, -0.1) is 0 Å². The quantitative estimate of drug-likeness (QED) is 0.747. The highest BCUT2D eigenvalue weighted by molar-refractivity contribution is 5.92. The highest BCUT2D eigenvalue weighted by Crippen LogP contribution is 2.25. The van der Waals surface area contributed by atoms with Crippen LogP contribution in [0.15, 0.2) is 18.3 Å². The van der Waals surface area contributed by atoms with Crippen LogP contribution in [0, 0.1) is 5.41 Å². The van der Waals surface area contributed by atoms with E-state index in [-0.39, 0.29) is 11.3 Å². The lowest BCUT2D eigenvalue weighted by Gasteiger charge is -2.37. The number of carbonyl (C=O) groups excluding carboxylic acids is 1. The predicted octanol–water partition coefficient (Wildman–Crippen LogP) is 0.781. The third kappa shape index (κ3) is 1.80. The topological polar surface area (TPSA) is 54.1 Å². The number of rotatable bonds is 3. The van der Waals surface area contributed by atoms with Gasteiger partial charge < -0.3 is 15.0 Å². The summed E-state index contributed by atoms with van der Waals surface area (Å²) in [5.41, 5.74) is 0.733. The maximum atomic E-state index is 11.5. The van der Waals surface area contributed by atoms with Crippen LogP contribution in [0.5, 0.6) is 0 Å². The van der Waals surface area contributed by atoms with E-state index in [4.69, 9.17) is 4.74 Å². The first-order valence-electron chi connectivity index (χ1n) is 4.69. The van der Waals surface area contributed by atoms with Crippen molar-refractivity contribution in [1.29, 1.82) is 0 Å². The first kappa shape index (κ1) is 9.27. The number of hydrogen-bond acceptors (Lipinski definition) is 2. The van der Waals surface area contributed by atoms with Gasteiger partial charge in [-0.05, 0) is 12.1 Å². The Morgan fingerprint density at radius 1 is 1.71 bits per heavy atom. The molecule has 0 saturated carbocycles. The molecule has 4 nitrogen and oxygen atoms in total. The van der Waals surface area contributed by atoms with Gasteiger partial charge in [0, 0.05) is 18.2 Å². The van der Waals surface area contributed by atoms with Crippen molar-refractivity contribution in [2.45, 2.75) is 6.92 Å². The van der Waals surface area contributed by atoms with E-state index in [0.29, 0.717) is 12.2 Å². The molecule has 1 aliphatic heterocycles. The van der Waals surface area contributed by atoms with Crippen molar-refractivity contribution < 1.29 is 9.53 Å². The highest BCUT2D eigenvalue weighted by atomic mass is 16.5. The van der Waals surface area contributed by atoms with Gasteiger partial charge in [-0.2, -0.15) is 0 Å². The average Bonchev–Trinajstić information content (AvgIpc) is 2.63. The van der Waals surface area contributed by atoms with Gasteiger partial charge in [-0.25, -0.2) is 0 Å². The molecule has 2 rings (SSSR count). The molecule has 0 atom stereocenters. The molecule has 14 heavy (non-hydrogen) atoms. The van der Waals surface area contributed by atoms with Gasteiger partial charge in [0.15, 0.2) is 0 Å². The molecule has 1 amide bonds. The Labute approximate surface area is 82.6 Å². The largest absolute Gasteiger partial charge is 0.380 e. The normalized spacial score (nSPS) is 18.6. The Kier molecular flexibility index (Phi) is 2.29. The molecule has 4 heteroatoms. The Morgan fingerprint density at radius 2 is 2.50 bits per heavy atom. The fourth-order valence-corrected chi connectivity index (χ4v) is 1.41. The molecule has 2 N–H and O–H groups in total. The summed E-state index contributed by atoms with van der Waals surface area (Å²) < 4.78 is 5.10. The summed E-state index contributed by atoms with van der Waals surface area (Å²) in [6.45, 7) is 4.24. The van der Waals surface area contributed by atoms with Crippen molar-refractivity contribution in [3.05, 3.63) is 24.0 Å². The molecule has 0 aromatic carbocycles. The molecule has 0 unspecified atom stereocenters. The van der Waals surface area contributed by atoms with E-state index in [1.54, 1.807) is 12.3 Å². The van der Waals surface area contributed by atoms with E-state index in [1.165, 1.54) is 0 Å². The summed E-state index contributed by atoms with van der Waals surface area (Å²) in [6.07, 6.45) is 1.74. The Balaban J connectivity index is 1.84. The monoisotopic (exact) mass is 194 g/mol. The Hall–Kier alpha value is -1.29.